The van der Waals surface area contributed by atoms with E-state index < -0.39 is 0 Å². The first-order valence-electron chi connectivity index (χ1n) is 47.0. The summed E-state index contributed by atoms with van der Waals surface area (Å²) < 4.78 is 0. The van der Waals surface area contributed by atoms with E-state index in [9.17, 15) is 0 Å². The number of hydrogen-bond donors (Lipinski definition) is 1. The fourth-order valence-corrected chi connectivity index (χ4v) is 16.7. The molecule has 0 aliphatic heterocycles. The minimum absolute atomic E-state index is 0.00768. The molecule has 0 bridgehead atoms. The fourth-order valence-electron chi connectivity index (χ4n) is 16.0. The predicted octanol–water partition coefficient (Wildman–Crippen LogP) is 37.9. The highest BCUT2D eigenvalue weighted by molar-refractivity contribution is 6.44. The number of anilines is 17. The summed E-state index contributed by atoms with van der Waals surface area (Å²) in [5.41, 5.74) is 25.8. The van der Waals surface area contributed by atoms with Crippen LogP contribution in [0.2, 0.25) is 15.1 Å². The SMILES string of the molecule is CC(C)(C)c1ccc(N(c2ccc(C(C)(C)C)cc2)c2cc(C(C)(C)C)cc(Cl)c2Cl)cc1.CC(C)(C)c1ccc(N(c2ccc(C(C)(C)C)cc2)c2cccc(N(c3ccccc3)c3cc(C(C)(C)C)cc(N(c4ccc(C(C)(C)C)cc4)c4ccc(C(C)(C)C)cc4)c3Cl)n2)cc1.CC(C)(C)c1ccc(N(c2ccc(C(C)(C)C)cc2)c2cccc(Nc3ccccc3)n2)cc1. The Morgan fingerprint density at radius 3 is 0.669 bits per heavy atom. The van der Waals surface area contributed by atoms with Crippen LogP contribution < -0.4 is 29.8 Å². The monoisotopic (exact) mass is 1830 g/mol. The van der Waals surface area contributed by atoms with Gasteiger partial charge in [-0.15, -0.1) is 0 Å². The molecule has 0 atom stereocenters. The average molecular weight is 1830 g/mol. The highest BCUT2D eigenvalue weighted by Gasteiger charge is 2.32. The Hall–Kier alpha value is -11.4. The zero-order chi connectivity index (χ0) is 97.1. The molecule has 0 saturated carbocycles. The third kappa shape index (κ3) is 25.0. The van der Waals surface area contributed by atoms with Gasteiger partial charge in [0.1, 0.15) is 23.3 Å². The molecule has 14 aromatic rings. The Morgan fingerprint density at radius 2 is 0.398 bits per heavy atom. The van der Waals surface area contributed by atoms with Crippen LogP contribution in [0.4, 0.5) is 97.2 Å². The van der Waals surface area contributed by atoms with E-state index in [0.717, 1.165) is 108 Å². The Bertz CT molecular complexity index is 5990. The Morgan fingerprint density at radius 1 is 0.188 bits per heavy atom. The first-order chi connectivity index (χ1) is 62.0. The topological polar surface area (TPSA) is 54.0 Å². The molecule has 11 heteroatoms. The summed E-state index contributed by atoms with van der Waals surface area (Å²) in [6.45, 7) is 67.3. The van der Waals surface area contributed by atoms with E-state index >= 15 is 0 Å². The molecule has 0 saturated heterocycles. The van der Waals surface area contributed by atoms with Crippen LogP contribution in [0.3, 0.4) is 0 Å². The number of aromatic nitrogens is 2. The molecule has 0 aliphatic carbocycles. The minimum Gasteiger partial charge on any atom is -0.340 e. The molecule has 8 nitrogen and oxygen atoms in total. The summed E-state index contributed by atoms with van der Waals surface area (Å²) >= 11 is 21.5. The van der Waals surface area contributed by atoms with E-state index in [1.165, 1.54) is 44.5 Å². The number of para-hydroxylation sites is 2. The van der Waals surface area contributed by atoms with Gasteiger partial charge in [0, 0.05) is 56.9 Å². The van der Waals surface area contributed by atoms with Crippen molar-refractivity contribution < 1.29 is 0 Å². The molecule has 0 unspecified atom stereocenters. The van der Waals surface area contributed by atoms with Crippen molar-refractivity contribution in [2.24, 2.45) is 0 Å². The normalized spacial score (nSPS) is 12.4. The summed E-state index contributed by atoms with van der Waals surface area (Å²) in [7, 11) is 0. The maximum absolute atomic E-state index is 8.00. The summed E-state index contributed by atoms with van der Waals surface area (Å²) in [6, 6.07) is 113. The molecule has 692 valence electrons. The van der Waals surface area contributed by atoms with Crippen LogP contribution in [0.15, 0.2) is 315 Å². The number of pyridine rings is 2. The van der Waals surface area contributed by atoms with Crippen LogP contribution in [-0.4, -0.2) is 9.97 Å². The fraction of sp³-hybridized carbons (Fsp3) is 0.328. The third-order valence-electron chi connectivity index (χ3n) is 24.6. The van der Waals surface area contributed by atoms with E-state index in [1.807, 2.05) is 48.5 Å². The molecule has 0 aliphatic rings. The average Bonchev–Trinajstić information content (AvgIpc) is 0.752. The highest BCUT2D eigenvalue weighted by atomic mass is 35.5. The van der Waals surface area contributed by atoms with Gasteiger partial charge in [0.2, 0.25) is 0 Å². The van der Waals surface area contributed by atoms with Gasteiger partial charge in [0.05, 0.1) is 32.1 Å². The number of halogens is 3. The van der Waals surface area contributed by atoms with Gasteiger partial charge in [-0.3, -0.25) is 14.7 Å². The second-order valence-electron chi connectivity index (χ2n) is 45.7. The van der Waals surface area contributed by atoms with Crippen molar-refractivity contribution in [3.05, 3.63) is 386 Å². The lowest BCUT2D eigenvalue weighted by Crippen LogP contribution is -2.20. The van der Waals surface area contributed by atoms with Crippen molar-refractivity contribution in [1.82, 2.24) is 9.97 Å². The number of nitrogens with zero attached hydrogens (tertiary/aromatic N) is 7. The molecule has 0 radical (unpaired) electrons. The quantitative estimate of drug-likeness (QED) is 0.0968. The van der Waals surface area contributed by atoms with Gasteiger partial charge in [-0.2, -0.15) is 0 Å². The Balaban J connectivity index is 0.000000199. The van der Waals surface area contributed by atoms with Gasteiger partial charge >= 0.3 is 0 Å². The van der Waals surface area contributed by atoms with Crippen molar-refractivity contribution in [2.75, 3.05) is 29.8 Å². The van der Waals surface area contributed by atoms with Crippen LogP contribution in [0.1, 0.15) is 263 Å². The molecule has 133 heavy (non-hydrogen) atoms. The largest absolute Gasteiger partial charge is 0.340 e. The Kier molecular flexibility index (Phi) is 30.0. The van der Waals surface area contributed by atoms with Crippen molar-refractivity contribution in [3.63, 3.8) is 0 Å². The molecule has 2 aromatic heterocycles. The number of nitrogens with one attached hydrogen (secondary N) is 1. The number of hydrogen-bond acceptors (Lipinski definition) is 8. The van der Waals surface area contributed by atoms with E-state index in [4.69, 9.17) is 44.8 Å². The molecule has 0 amide bonds. The predicted molar refractivity (Wildman–Crippen MR) is 580 cm³/mol. The molecular weight excluding hydrogens is 1680 g/mol. The van der Waals surface area contributed by atoms with Gasteiger partial charge in [-0.05, 0) is 280 Å². The Labute approximate surface area is 813 Å². The van der Waals surface area contributed by atoms with E-state index in [1.54, 1.807) is 0 Å². The smallest absolute Gasteiger partial charge is 0.140 e. The number of benzene rings is 12. The summed E-state index contributed by atoms with van der Waals surface area (Å²) in [5.74, 6) is 3.22. The molecule has 1 N–H and O–H groups in total. The molecule has 2 heterocycles. The van der Waals surface area contributed by atoms with Crippen LogP contribution in [0.25, 0.3) is 0 Å². The second-order valence-corrected chi connectivity index (χ2v) is 46.9. The van der Waals surface area contributed by atoms with E-state index in [-0.39, 0.29) is 54.1 Å². The van der Waals surface area contributed by atoms with Gasteiger partial charge in [-0.25, -0.2) is 9.97 Å². The van der Waals surface area contributed by atoms with Crippen molar-refractivity contribution >= 4 is 132 Å². The van der Waals surface area contributed by atoms with E-state index in [2.05, 4.69) is 504 Å². The third-order valence-corrected chi connectivity index (χ3v) is 25.8. The summed E-state index contributed by atoms with van der Waals surface area (Å²) in [4.78, 5) is 21.8. The lowest BCUT2D eigenvalue weighted by Gasteiger charge is -2.34. The molecule has 0 spiro atoms. The first kappa shape index (κ1) is 101. The lowest BCUT2D eigenvalue weighted by atomic mass is 9.85. The molecule has 12 aromatic carbocycles. The maximum atomic E-state index is 8.00. The van der Waals surface area contributed by atoms with Crippen molar-refractivity contribution in [1.29, 1.82) is 0 Å². The van der Waals surface area contributed by atoms with E-state index in [0.29, 0.717) is 15.1 Å². The number of rotatable bonds is 17. The second kappa shape index (κ2) is 39.7. The first-order valence-corrected chi connectivity index (χ1v) is 48.1. The maximum Gasteiger partial charge on any atom is 0.140 e. The zero-order valence-corrected chi connectivity index (χ0v) is 87.1. The van der Waals surface area contributed by atoms with Gasteiger partial charge in [0.25, 0.3) is 0 Å². The van der Waals surface area contributed by atoms with Crippen molar-refractivity contribution in [3.8, 4) is 0 Å². The molecule has 0 fully saturated rings. The minimum atomic E-state index is -0.223. The summed E-state index contributed by atoms with van der Waals surface area (Å²) in [5, 5.41) is 5.17. The molecular formula is C122H143Cl3N8. The highest BCUT2D eigenvalue weighted by Crippen LogP contribution is 2.52. The van der Waals surface area contributed by atoms with Gasteiger partial charge in [-0.1, -0.05) is 388 Å². The summed E-state index contributed by atoms with van der Waals surface area (Å²) in [6.07, 6.45) is 0. The van der Waals surface area contributed by atoms with Crippen LogP contribution in [0, 0.1) is 0 Å². The van der Waals surface area contributed by atoms with Gasteiger partial charge in [0.15, 0.2) is 0 Å². The van der Waals surface area contributed by atoms with Crippen LogP contribution in [-0.2, 0) is 54.1 Å². The van der Waals surface area contributed by atoms with Crippen LogP contribution >= 0.6 is 34.8 Å². The van der Waals surface area contributed by atoms with Crippen molar-refractivity contribution in [2.45, 2.75) is 262 Å². The zero-order valence-electron chi connectivity index (χ0n) is 84.8. The molecule has 14 rings (SSSR count). The lowest BCUT2D eigenvalue weighted by molar-refractivity contribution is 0.589. The standard InChI is InChI=1S/C61H71ClN4.C31H35N3.C30H37Cl2N/c1-57(2,3)42-24-32-48(33-25-42)64(49-34-26-43(27-35-49)58(4,5)6)52-40-46(61(13,14)15)41-53(56(52)62)66(47-20-17-16-18-21-47)55-23-19-22-54(63-55)65(50-36-28-44(29-37-50)59(7,8)9)51-38-30-45(31-39-51)60(10,11)12;1-30(2,3)23-15-19-26(20-16-23)34(27-21-17-24(18-22-27)31(4,5)6)29-14-10-13-28(33-29)32-25-11-8-7-9-12-25;1-28(2,3)20-10-14-23(15-11-20)33(24-16-12-21(13-17-24)29(4,5)6)26-19-22(30(7,8)9)18-25(31)27(26)32/h16-41H,1-15H3;7-22H,1-6H3,(H,32,33);10-19H,1-9H3. The van der Waals surface area contributed by atoms with Gasteiger partial charge < -0.3 is 15.1 Å². The van der Waals surface area contributed by atoms with Crippen LogP contribution in [0.5, 0.6) is 0 Å².